The molecule has 0 heterocycles. The molecule has 0 saturated carbocycles. The number of hydrogen-bond acceptors (Lipinski definition) is 5. The first-order valence-corrected chi connectivity index (χ1v) is 11.7. The van der Waals surface area contributed by atoms with Gasteiger partial charge in [-0.15, -0.1) is 0 Å². The van der Waals surface area contributed by atoms with Gasteiger partial charge in [-0.1, -0.05) is 24.6 Å². The Bertz CT molecular complexity index is 927. The van der Waals surface area contributed by atoms with Gasteiger partial charge >= 0.3 is 0 Å². The minimum atomic E-state index is -3.33. The van der Waals surface area contributed by atoms with E-state index in [1.165, 1.54) is 11.4 Å². The third kappa shape index (κ3) is 6.95. The van der Waals surface area contributed by atoms with Gasteiger partial charge in [0.2, 0.25) is 10.0 Å². The summed E-state index contributed by atoms with van der Waals surface area (Å²) in [5.41, 5.74) is 1.67. The van der Waals surface area contributed by atoms with Crippen molar-refractivity contribution >= 4 is 21.6 Å². The first-order valence-electron chi connectivity index (χ1n) is 9.80. The highest BCUT2D eigenvalue weighted by Crippen LogP contribution is 2.21. The highest BCUT2D eigenvalue weighted by Gasteiger charge is 2.21. The van der Waals surface area contributed by atoms with Crippen LogP contribution in [0.4, 0.5) is 5.69 Å². The van der Waals surface area contributed by atoms with Gasteiger partial charge in [-0.25, -0.2) is 8.42 Å². The van der Waals surface area contributed by atoms with Crippen molar-refractivity contribution in [3.63, 3.8) is 0 Å². The SMILES string of the molecule is CC[C@H](Oc1ccc(N(C)S(C)(=O)=O)cc1)C(=O)N[C@@H](C)COc1ccc(C)cc1. The van der Waals surface area contributed by atoms with Crippen LogP contribution >= 0.6 is 0 Å². The number of anilines is 1. The van der Waals surface area contributed by atoms with Crippen molar-refractivity contribution in [1.29, 1.82) is 0 Å². The predicted octanol–water partition coefficient (Wildman–Crippen LogP) is 3.13. The van der Waals surface area contributed by atoms with E-state index in [0.717, 1.165) is 17.6 Å². The number of ether oxygens (including phenoxy) is 2. The van der Waals surface area contributed by atoms with Crippen molar-refractivity contribution in [2.75, 3.05) is 24.2 Å². The summed E-state index contributed by atoms with van der Waals surface area (Å²) < 4.78 is 35.9. The molecule has 164 valence electrons. The Morgan fingerprint density at radius 3 is 2.17 bits per heavy atom. The van der Waals surface area contributed by atoms with Crippen molar-refractivity contribution in [2.24, 2.45) is 0 Å². The highest BCUT2D eigenvalue weighted by atomic mass is 32.2. The first kappa shape index (κ1) is 23.5. The summed E-state index contributed by atoms with van der Waals surface area (Å²) in [7, 11) is -1.85. The number of hydrogen-bond donors (Lipinski definition) is 1. The molecule has 1 N–H and O–H groups in total. The number of amides is 1. The van der Waals surface area contributed by atoms with Crippen molar-refractivity contribution in [3.05, 3.63) is 54.1 Å². The molecular formula is C22H30N2O5S. The molecule has 8 heteroatoms. The summed E-state index contributed by atoms with van der Waals surface area (Å²) in [5, 5.41) is 2.91. The van der Waals surface area contributed by atoms with Crippen LogP contribution in [0.15, 0.2) is 48.5 Å². The zero-order chi connectivity index (χ0) is 22.3. The van der Waals surface area contributed by atoms with E-state index < -0.39 is 16.1 Å². The summed E-state index contributed by atoms with van der Waals surface area (Å²) in [6.07, 6.45) is 0.964. The van der Waals surface area contributed by atoms with Crippen molar-refractivity contribution in [2.45, 2.75) is 39.3 Å². The first-order chi connectivity index (χ1) is 14.1. The van der Waals surface area contributed by atoms with Crippen molar-refractivity contribution in [3.8, 4) is 11.5 Å². The van der Waals surface area contributed by atoms with Crippen LogP contribution in [-0.2, 0) is 14.8 Å². The quantitative estimate of drug-likeness (QED) is 0.621. The second-order valence-electron chi connectivity index (χ2n) is 7.27. The standard InChI is InChI=1S/C22H30N2O5S/c1-6-21(29-20-13-9-18(10-14-20)24(4)30(5,26)27)22(25)23-17(3)15-28-19-11-7-16(2)8-12-19/h7-14,17,21H,6,15H2,1-5H3,(H,23,25)/t17-,21-/m0/s1. The van der Waals surface area contributed by atoms with E-state index in [2.05, 4.69) is 5.32 Å². The van der Waals surface area contributed by atoms with E-state index in [9.17, 15) is 13.2 Å². The van der Waals surface area contributed by atoms with Gasteiger partial charge < -0.3 is 14.8 Å². The third-order valence-electron chi connectivity index (χ3n) is 4.55. The maximum atomic E-state index is 12.6. The summed E-state index contributed by atoms with van der Waals surface area (Å²) in [4.78, 5) is 12.6. The lowest BCUT2D eigenvalue weighted by Gasteiger charge is -2.21. The topological polar surface area (TPSA) is 84.9 Å². The van der Waals surface area contributed by atoms with E-state index in [-0.39, 0.29) is 11.9 Å². The minimum absolute atomic E-state index is 0.192. The van der Waals surface area contributed by atoms with Gasteiger partial charge in [-0.3, -0.25) is 9.10 Å². The molecular weight excluding hydrogens is 404 g/mol. The molecule has 0 saturated heterocycles. The maximum Gasteiger partial charge on any atom is 0.261 e. The Balaban J connectivity index is 1.90. The second-order valence-corrected chi connectivity index (χ2v) is 9.29. The van der Waals surface area contributed by atoms with Gasteiger partial charge in [0.1, 0.15) is 18.1 Å². The Labute approximate surface area is 179 Å². The second kappa shape index (κ2) is 10.3. The fraction of sp³-hybridized carbons (Fsp3) is 0.409. The van der Waals surface area contributed by atoms with Gasteiger partial charge in [-0.05, 0) is 56.7 Å². The molecule has 30 heavy (non-hydrogen) atoms. The molecule has 0 unspecified atom stereocenters. The third-order valence-corrected chi connectivity index (χ3v) is 5.75. The average Bonchev–Trinajstić information content (AvgIpc) is 2.70. The maximum absolute atomic E-state index is 12.6. The molecule has 2 rings (SSSR count). The summed E-state index contributed by atoms with van der Waals surface area (Å²) in [6.45, 7) is 6.09. The van der Waals surface area contributed by atoms with Crippen LogP contribution in [0, 0.1) is 6.92 Å². The lowest BCUT2D eigenvalue weighted by atomic mass is 10.2. The number of nitrogens with one attached hydrogen (secondary N) is 1. The fourth-order valence-corrected chi connectivity index (χ4v) is 3.15. The van der Waals surface area contributed by atoms with E-state index >= 15 is 0 Å². The predicted molar refractivity (Wildman–Crippen MR) is 119 cm³/mol. The summed E-state index contributed by atoms with van der Waals surface area (Å²) in [5.74, 6) is 1.02. The Kier molecular flexibility index (Phi) is 8.11. The minimum Gasteiger partial charge on any atom is -0.491 e. The van der Waals surface area contributed by atoms with Gasteiger partial charge in [-0.2, -0.15) is 0 Å². The number of aryl methyl sites for hydroxylation is 1. The molecule has 0 aliphatic heterocycles. The van der Waals surface area contributed by atoms with E-state index in [0.29, 0.717) is 24.5 Å². The van der Waals surface area contributed by atoms with Gasteiger partial charge in [0.15, 0.2) is 6.10 Å². The lowest BCUT2D eigenvalue weighted by molar-refractivity contribution is -0.128. The van der Waals surface area contributed by atoms with Crippen LogP contribution in [0.25, 0.3) is 0 Å². The van der Waals surface area contributed by atoms with Crippen LogP contribution in [0.3, 0.4) is 0 Å². The number of carbonyl (C=O) groups is 1. The molecule has 0 radical (unpaired) electrons. The van der Waals surface area contributed by atoms with E-state index in [1.54, 1.807) is 24.3 Å². The Hall–Kier alpha value is -2.74. The van der Waals surface area contributed by atoms with Crippen molar-refractivity contribution in [1.82, 2.24) is 5.32 Å². The molecule has 2 aromatic rings. The van der Waals surface area contributed by atoms with Crippen molar-refractivity contribution < 1.29 is 22.7 Å². The zero-order valence-corrected chi connectivity index (χ0v) is 18.9. The molecule has 0 bridgehead atoms. The zero-order valence-electron chi connectivity index (χ0n) is 18.1. The highest BCUT2D eigenvalue weighted by molar-refractivity contribution is 7.92. The number of rotatable bonds is 10. The fourth-order valence-electron chi connectivity index (χ4n) is 2.65. The molecule has 1 amide bonds. The summed E-state index contributed by atoms with van der Waals surface area (Å²) >= 11 is 0. The lowest BCUT2D eigenvalue weighted by Crippen LogP contribution is -2.44. The van der Waals surface area contributed by atoms with Crippen LogP contribution in [-0.4, -0.2) is 46.4 Å². The summed E-state index contributed by atoms with van der Waals surface area (Å²) in [6, 6.07) is 14.1. The average molecular weight is 435 g/mol. The number of nitrogens with zero attached hydrogens (tertiary/aromatic N) is 1. The molecule has 0 aromatic heterocycles. The smallest absolute Gasteiger partial charge is 0.261 e. The normalized spacial score (nSPS) is 13.2. The largest absolute Gasteiger partial charge is 0.491 e. The number of sulfonamides is 1. The molecule has 2 aromatic carbocycles. The molecule has 0 spiro atoms. The van der Waals surface area contributed by atoms with Crippen LogP contribution in [0.5, 0.6) is 11.5 Å². The molecule has 0 fully saturated rings. The van der Waals surface area contributed by atoms with Gasteiger partial charge in [0.05, 0.1) is 18.0 Å². The van der Waals surface area contributed by atoms with Crippen LogP contribution in [0.1, 0.15) is 25.8 Å². The van der Waals surface area contributed by atoms with E-state index in [1.807, 2.05) is 45.0 Å². The van der Waals surface area contributed by atoms with E-state index in [4.69, 9.17) is 9.47 Å². The van der Waals surface area contributed by atoms with Crippen LogP contribution in [0.2, 0.25) is 0 Å². The van der Waals surface area contributed by atoms with Crippen LogP contribution < -0.4 is 19.1 Å². The Morgan fingerprint density at radius 2 is 1.63 bits per heavy atom. The molecule has 2 atom stereocenters. The monoisotopic (exact) mass is 434 g/mol. The number of benzene rings is 2. The van der Waals surface area contributed by atoms with Gasteiger partial charge in [0, 0.05) is 7.05 Å². The molecule has 7 nitrogen and oxygen atoms in total. The number of carbonyl (C=O) groups excluding carboxylic acids is 1. The van der Waals surface area contributed by atoms with Gasteiger partial charge in [0.25, 0.3) is 5.91 Å². The molecule has 0 aliphatic carbocycles. The Morgan fingerprint density at radius 1 is 1.07 bits per heavy atom. The molecule has 0 aliphatic rings.